The fourth-order valence-electron chi connectivity index (χ4n) is 1.78. The number of likely N-dealkylation sites (N-methyl/N-ethyl adjacent to an activating group) is 1. The van der Waals surface area contributed by atoms with E-state index >= 15 is 0 Å². The van der Waals surface area contributed by atoms with Crippen molar-refractivity contribution in [1.29, 1.82) is 0 Å². The quantitative estimate of drug-likeness (QED) is 0.825. The van der Waals surface area contributed by atoms with Crippen LogP contribution < -0.4 is 15.0 Å². The molecule has 1 aromatic rings. The summed E-state index contributed by atoms with van der Waals surface area (Å²) in [4.78, 5) is 24.5. The lowest BCUT2D eigenvalue weighted by Crippen LogP contribution is -2.34. The molecular weight excluding hydrogens is 248 g/mol. The minimum atomic E-state index is -0.494. The van der Waals surface area contributed by atoms with Crippen LogP contribution in [-0.2, 0) is 14.3 Å². The molecule has 1 aliphatic heterocycles. The van der Waals surface area contributed by atoms with E-state index < -0.39 is 6.10 Å². The average molecular weight is 264 g/mol. The molecule has 6 heteroatoms. The Morgan fingerprint density at radius 2 is 2.26 bits per heavy atom. The van der Waals surface area contributed by atoms with Crippen LogP contribution in [0.4, 0.5) is 11.4 Å². The van der Waals surface area contributed by atoms with Crippen molar-refractivity contribution >= 4 is 23.3 Å². The van der Waals surface area contributed by atoms with E-state index in [4.69, 9.17) is 4.74 Å². The number of hydrogen-bond acceptors (Lipinski definition) is 5. The highest BCUT2D eigenvalue weighted by molar-refractivity contribution is 5.98. The highest BCUT2D eigenvalue weighted by Crippen LogP contribution is 2.33. The van der Waals surface area contributed by atoms with E-state index in [9.17, 15) is 9.59 Å². The van der Waals surface area contributed by atoms with Crippen molar-refractivity contribution in [3.63, 3.8) is 0 Å². The van der Waals surface area contributed by atoms with Gasteiger partial charge in [-0.2, -0.15) is 0 Å². The van der Waals surface area contributed by atoms with Crippen LogP contribution in [0.1, 0.15) is 6.92 Å². The smallest absolute Gasteiger partial charge is 0.325 e. The maximum Gasteiger partial charge on any atom is 0.325 e. The molecule has 0 aromatic heterocycles. The number of nitrogens with one attached hydrogen (secondary N) is 1. The van der Waals surface area contributed by atoms with Gasteiger partial charge in [0.05, 0.1) is 12.8 Å². The zero-order chi connectivity index (χ0) is 14.0. The third-order valence-electron chi connectivity index (χ3n) is 2.93. The van der Waals surface area contributed by atoms with Gasteiger partial charge in [-0.15, -0.1) is 0 Å². The predicted molar refractivity (Wildman–Crippen MR) is 70.4 cm³/mol. The number of fused-ring (bicyclic) bond motifs is 1. The number of anilines is 2. The van der Waals surface area contributed by atoms with Crippen molar-refractivity contribution in [2.24, 2.45) is 0 Å². The molecule has 19 heavy (non-hydrogen) atoms. The second kappa shape index (κ2) is 5.17. The Labute approximate surface area is 111 Å². The first-order chi connectivity index (χ1) is 9.01. The van der Waals surface area contributed by atoms with Crippen molar-refractivity contribution in [3.8, 4) is 5.75 Å². The topological polar surface area (TPSA) is 67.9 Å². The SMILES string of the molecule is COC(=O)CN(C)c1ccc2c(c1)NC(=O)C(C)O2. The highest BCUT2D eigenvalue weighted by atomic mass is 16.5. The Kier molecular flexibility index (Phi) is 3.59. The number of amides is 1. The summed E-state index contributed by atoms with van der Waals surface area (Å²) in [6, 6.07) is 5.36. The Morgan fingerprint density at radius 1 is 1.53 bits per heavy atom. The molecule has 1 amide bonds. The summed E-state index contributed by atoms with van der Waals surface area (Å²) >= 11 is 0. The lowest BCUT2D eigenvalue weighted by Gasteiger charge is -2.25. The van der Waals surface area contributed by atoms with Gasteiger partial charge in [0.25, 0.3) is 5.91 Å². The normalized spacial score (nSPS) is 17.0. The van der Waals surface area contributed by atoms with E-state index in [-0.39, 0.29) is 18.4 Å². The third kappa shape index (κ3) is 2.78. The summed E-state index contributed by atoms with van der Waals surface area (Å²) in [5.74, 6) is 0.122. The van der Waals surface area contributed by atoms with Crippen molar-refractivity contribution in [3.05, 3.63) is 18.2 Å². The minimum absolute atomic E-state index is 0.139. The molecule has 0 radical (unpaired) electrons. The number of carbonyl (C=O) groups is 2. The average Bonchev–Trinajstić information content (AvgIpc) is 2.39. The summed E-state index contributed by atoms with van der Waals surface area (Å²) in [7, 11) is 3.12. The number of methoxy groups -OCH3 is 1. The van der Waals surface area contributed by atoms with Crippen molar-refractivity contribution in [2.75, 3.05) is 30.9 Å². The maximum absolute atomic E-state index is 11.5. The number of carbonyl (C=O) groups excluding carboxylic acids is 2. The summed E-state index contributed by atoms with van der Waals surface area (Å²) in [6.45, 7) is 1.83. The second-order valence-electron chi connectivity index (χ2n) is 4.36. The van der Waals surface area contributed by atoms with Gasteiger partial charge in [0.15, 0.2) is 6.10 Å². The molecule has 0 saturated heterocycles. The molecule has 0 bridgehead atoms. The van der Waals surface area contributed by atoms with E-state index in [0.29, 0.717) is 11.4 Å². The molecule has 1 aromatic carbocycles. The zero-order valence-electron chi connectivity index (χ0n) is 11.1. The van der Waals surface area contributed by atoms with Crippen LogP contribution in [0.25, 0.3) is 0 Å². The first-order valence-electron chi connectivity index (χ1n) is 5.91. The summed E-state index contributed by atoms with van der Waals surface area (Å²) in [6.07, 6.45) is -0.494. The van der Waals surface area contributed by atoms with Crippen LogP contribution >= 0.6 is 0 Å². The van der Waals surface area contributed by atoms with E-state index in [1.54, 1.807) is 31.0 Å². The number of hydrogen-bond donors (Lipinski definition) is 1. The molecule has 1 atom stereocenters. The monoisotopic (exact) mass is 264 g/mol. The van der Waals surface area contributed by atoms with Crippen LogP contribution in [0, 0.1) is 0 Å². The number of rotatable bonds is 3. The lowest BCUT2D eigenvalue weighted by atomic mass is 10.2. The zero-order valence-corrected chi connectivity index (χ0v) is 11.1. The molecule has 0 saturated carbocycles. The Morgan fingerprint density at radius 3 is 2.95 bits per heavy atom. The molecule has 1 heterocycles. The van der Waals surface area contributed by atoms with E-state index in [2.05, 4.69) is 10.1 Å². The summed E-state index contributed by atoms with van der Waals surface area (Å²) in [5, 5.41) is 2.77. The highest BCUT2D eigenvalue weighted by Gasteiger charge is 2.24. The fraction of sp³-hybridized carbons (Fsp3) is 0.385. The van der Waals surface area contributed by atoms with Crippen molar-refractivity contribution < 1.29 is 19.1 Å². The lowest BCUT2D eigenvalue weighted by molar-refractivity contribution is -0.138. The van der Waals surface area contributed by atoms with E-state index in [1.807, 2.05) is 6.07 Å². The Hall–Kier alpha value is -2.24. The van der Waals surface area contributed by atoms with Gasteiger partial charge in [0, 0.05) is 12.7 Å². The Balaban J connectivity index is 2.19. The molecule has 1 unspecified atom stereocenters. The molecule has 1 aliphatic rings. The second-order valence-corrected chi connectivity index (χ2v) is 4.36. The van der Waals surface area contributed by atoms with Crippen molar-refractivity contribution in [2.45, 2.75) is 13.0 Å². The number of esters is 1. The number of benzene rings is 1. The first-order valence-corrected chi connectivity index (χ1v) is 5.91. The van der Waals surface area contributed by atoms with Gasteiger partial charge in [0.2, 0.25) is 0 Å². The minimum Gasteiger partial charge on any atom is -0.479 e. The van der Waals surface area contributed by atoms with Gasteiger partial charge in [-0.05, 0) is 25.1 Å². The molecule has 0 spiro atoms. The van der Waals surface area contributed by atoms with Crippen molar-refractivity contribution in [1.82, 2.24) is 0 Å². The standard InChI is InChI=1S/C13H16N2O4/c1-8-13(17)14-10-6-9(4-5-11(10)19-8)15(2)7-12(16)18-3/h4-6,8H,7H2,1-3H3,(H,14,17). The van der Waals surface area contributed by atoms with Crippen LogP contribution in [0.3, 0.4) is 0 Å². The van der Waals surface area contributed by atoms with E-state index in [0.717, 1.165) is 5.69 Å². The molecule has 6 nitrogen and oxygen atoms in total. The fourth-order valence-corrected chi connectivity index (χ4v) is 1.78. The van der Waals surface area contributed by atoms with Crippen LogP contribution in [0.15, 0.2) is 18.2 Å². The largest absolute Gasteiger partial charge is 0.479 e. The molecule has 2 rings (SSSR count). The number of ether oxygens (including phenoxy) is 2. The van der Waals surface area contributed by atoms with Gasteiger partial charge in [-0.3, -0.25) is 9.59 Å². The van der Waals surface area contributed by atoms with Crippen LogP contribution in [0.5, 0.6) is 5.75 Å². The maximum atomic E-state index is 11.5. The molecule has 0 fully saturated rings. The van der Waals surface area contributed by atoms with Gasteiger partial charge in [0.1, 0.15) is 12.3 Å². The molecule has 0 aliphatic carbocycles. The third-order valence-corrected chi connectivity index (χ3v) is 2.93. The molecule has 102 valence electrons. The summed E-state index contributed by atoms with van der Waals surface area (Å²) in [5.41, 5.74) is 1.40. The van der Waals surface area contributed by atoms with Gasteiger partial charge in [-0.25, -0.2) is 0 Å². The molecular formula is C13H16N2O4. The van der Waals surface area contributed by atoms with Gasteiger partial charge in [-0.1, -0.05) is 0 Å². The van der Waals surface area contributed by atoms with E-state index in [1.165, 1.54) is 7.11 Å². The molecule has 1 N–H and O–H groups in total. The Bertz CT molecular complexity index is 515. The first kappa shape index (κ1) is 13.2. The summed E-state index contributed by atoms with van der Waals surface area (Å²) < 4.78 is 10.1. The number of nitrogens with zero attached hydrogens (tertiary/aromatic N) is 1. The predicted octanol–water partition coefficient (Wildman–Crippen LogP) is 1.02. The van der Waals surface area contributed by atoms with Gasteiger partial charge >= 0.3 is 5.97 Å². The van der Waals surface area contributed by atoms with Crippen LogP contribution in [-0.4, -0.2) is 38.7 Å². The van der Waals surface area contributed by atoms with Gasteiger partial charge < -0.3 is 19.7 Å². The van der Waals surface area contributed by atoms with Crippen LogP contribution in [0.2, 0.25) is 0 Å².